The van der Waals surface area contributed by atoms with Crippen LogP contribution in [0.15, 0.2) is 42.5 Å². The van der Waals surface area contributed by atoms with Gasteiger partial charge in [-0.1, -0.05) is 37.3 Å². The molecule has 6 nitrogen and oxygen atoms in total. The van der Waals surface area contributed by atoms with Crippen molar-refractivity contribution in [3.8, 4) is 0 Å². The number of nitrogens with one attached hydrogen (secondary N) is 1. The Kier molecular flexibility index (Phi) is 6.51. The second-order valence-electron chi connectivity index (χ2n) is 6.48. The van der Waals surface area contributed by atoms with Gasteiger partial charge in [0.05, 0.1) is 5.25 Å². The standard InChI is InChI=1S/C19H24N2O4S2/c1-2-16-8-9-17(26-16)12-20-27(23,24)18-10-11-21(13-18)19(22)25-14-15-6-4-3-5-7-15/h3-9,18,20H,2,10-14H2,1H3/t18-/m0/s1. The number of likely N-dealkylation sites (tertiary alicyclic amines) is 1. The molecule has 1 fully saturated rings. The molecule has 3 rings (SSSR count). The van der Waals surface area contributed by atoms with E-state index in [1.807, 2.05) is 42.5 Å². The lowest BCUT2D eigenvalue weighted by atomic mass is 10.2. The minimum Gasteiger partial charge on any atom is -0.445 e. The van der Waals surface area contributed by atoms with Crippen LogP contribution in [0.1, 0.15) is 28.7 Å². The first-order valence-electron chi connectivity index (χ1n) is 8.99. The number of aryl methyl sites for hydroxylation is 1. The number of sulfonamides is 1. The number of thiophene rings is 1. The number of benzene rings is 1. The van der Waals surface area contributed by atoms with E-state index in [0.29, 0.717) is 19.5 Å². The largest absolute Gasteiger partial charge is 0.445 e. The molecular formula is C19H24N2O4S2. The third-order valence-electron chi connectivity index (χ3n) is 4.56. The van der Waals surface area contributed by atoms with Crippen molar-refractivity contribution in [1.29, 1.82) is 0 Å². The summed E-state index contributed by atoms with van der Waals surface area (Å²) in [6.07, 6.45) is 0.892. The Bertz CT molecular complexity index is 865. The summed E-state index contributed by atoms with van der Waals surface area (Å²) in [5.41, 5.74) is 0.901. The van der Waals surface area contributed by atoms with Crippen LogP contribution >= 0.6 is 11.3 Å². The first-order chi connectivity index (χ1) is 13.0. The van der Waals surface area contributed by atoms with Crippen LogP contribution in [0.2, 0.25) is 0 Å². The zero-order valence-electron chi connectivity index (χ0n) is 15.3. The average Bonchev–Trinajstić information content (AvgIpc) is 3.35. The normalized spacial score (nSPS) is 17.2. The highest BCUT2D eigenvalue weighted by molar-refractivity contribution is 7.90. The number of nitrogens with zero attached hydrogens (tertiary/aromatic N) is 1. The van der Waals surface area contributed by atoms with E-state index in [1.165, 1.54) is 9.78 Å². The monoisotopic (exact) mass is 408 g/mol. The molecule has 0 radical (unpaired) electrons. The van der Waals surface area contributed by atoms with Gasteiger partial charge in [0.25, 0.3) is 0 Å². The number of carbonyl (C=O) groups is 1. The Morgan fingerprint density at radius 1 is 1.22 bits per heavy atom. The number of ether oxygens (including phenoxy) is 1. The molecule has 1 aromatic heterocycles. The van der Waals surface area contributed by atoms with Gasteiger partial charge in [0.15, 0.2) is 0 Å². The molecule has 0 spiro atoms. The molecule has 2 heterocycles. The highest BCUT2D eigenvalue weighted by Gasteiger charge is 2.35. The van der Waals surface area contributed by atoms with E-state index < -0.39 is 21.4 Å². The Balaban J connectivity index is 1.49. The van der Waals surface area contributed by atoms with E-state index in [1.54, 1.807) is 11.3 Å². The van der Waals surface area contributed by atoms with Crippen LogP contribution in [0.3, 0.4) is 0 Å². The Morgan fingerprint density at radius 3 is 2.67 bits per heavy atom. The van der Waals surface area contributed by atoms with Crippen LogP contribution < -0.4 is 4.72 Å². The maximum atomic E-state index is 12.5. The quantitative estimate of drug-likeness (QED) is 0.764. The summed E-state index contributed by atoms with van der Waals surface area (Å²) in [5.74, 6) is 0. The van der Waals surface area contributed by atoms with Crippen LogP contribution in [0, 0.1) is 0 Å². The van der Waals surface area contributed by atoms with E-state index in [-0.39, 0.29) is 13.2 Å². The second kappa shape index (κ2) is 8.86. The number of carbonyl (C=O) groups excluding carboxylic acids is 1. The number of rotatable bonds is 7. The first kappa shape index (κ1) is 19.9. The van der Waals surface area contributed by atoms with Gasteiger partial charge >= 0.3 is 6.09 Å². The number of amides is 1. The summed E-state index contributed by atoms with van der Waals surface area (Å²) < 4.78 is 33.1. The Morgan fingerprint density at radius 2 is 1.96 bits per heavy atom. The predicted octanol–water partition coefficient (Wildman–Crippen LogP) is 3.14. The van der Waals surface area contributed by atoms with Crippen molar-refractivity contribution in [1.82, 2.24) is 9.62 Å². The van der Waals surface area contributed by atoms with E-state index in [0.717, 1.165) is 16.9 Å². The zero-order valence-corrected chi connectivity index (χ0v) is 16.9. The summed E-state index contributed by atoms with van der Waals surface area (Å²) >= 11 is 1.61. The fourth-order valence-corrected chi connectivity index (χ4v) is 5.33. The minimum atomic E-state index is -3.48. The molecule has 2 aromatic rings. The second-order valence-corrected chi connectivity index (χ2v) is 9.78. The molecule has 1 aliphatic rings. The van der Waals surface area contributed by atoms with Crippen LogP contribution in [-0.2, 0) is 34.3 Å². The van der Waals surface area contributed by atoms with Crippen LogP contribution in [-0.4, -0.2) is 37.8 Å². The zero-order chi connectivity index (χ0) is 19.3. The maximum Gasteiger partial charge on any atom is 0.410 e. The maximum absolute atomic E-state index is 12.5. The van der Waals surface area contributed by atoms with Crippen molar-refractivity contribution in [2.45, 2.75) is 38.2 Å². The van der Waals surface area contributed by atoms with Crippen LogP contribution in [0.25, 0.3) is 0 Å². The lowest BCUT2D eigenvalue weighted by Crippen LogP contribution is -2.37. The SMILES string of the molecule is CCc1ccc(CNS(=O)(=O)[C@H]2CCN(C(=O)OCc3ccccc3)C2)s1. The molecule has 0 saturated carbocycles. The number of hydrogen-bond acceptors (Lipinski definition) is 5. The third-order valence-corrected chi connectivity index (χ3v) is 7.60. The van der Waals surface area contributed by atoms with Crippen molar-refractivity contribution in [3.05, 3.63) is 57.8 Å². The van der Waals surface area contributed by atoms with Crippen LogP contribution in [0.5, 0.6) is 0 Å². The molecule has 1 N–H and O–H groups in total. The van der Waals surface area contributed by atoms with Crippen molar-refractivity contribution >= 4 is 27.5 Å². The van der Waals surface area contributed by atoms with Gasteiger partial charge in [-0.25, -0.2) is 17.9 Å². The van der Waals surface area contributed by atoms with Crippen LogP contribution in [0.4, 0.5) is 4.79 Å². The molecule has 1 saturated heterocycles. The van der Waals surface area contributed by atoms with Gasteiger partial charge in [-0.05, 0) is 30.5 Å². The summed E-state index contributed by atoms with van der Waals surface area (Å²) in [7, 11) is -3.48. The van der Waals surface area contributed by atoms with Gasteiger partial charge < -0.3 is 9.64 Å². The van der Waals surface area contributed by atoms with Gasteiger partial charge in [0.1, 0.15) is 6.61 Å². The smallest absolute Gasteiger partial charge is 0.410 e. The third kappa shape index (κ3) is 5.31. The molecule has 0 unspecified atom stereocenters. The molecule has 0 bridgehead atoms. The van der Waals surface area contributed by atoms with Crippen molar-refractivity contribution in [2.24, 2.45) is 0 Å². The molecule has 8 heteroatoms. The van der Waals surface area contributed by atoms with Gasteiger partial charge in [0, 0.05) is 29.4 Å². The number of hydrogen-bond donors (Lipinski definition) is 1. The fourth-order valence-electron chi connectivity index (χ4n) is 2.95. The lowest BCUT2D eigenvalue weighted by Gasteiger charge is -2.17. The summed E-state index contributed by atoms with van der Waals surface area (Å²) in [6, 6.07) is 13.4. The summed E-state index contributed by atoms with van der Waals surface area (Å²) in [6.45, 7) is 3.10. The molecule has 1 aliphatic heterocycles. The predicted molar refractivity (Wildman–Crippen MR) is 106 cm³/mol. The molecule has 0 aliphatic carbocycles. The molecule has 1 atom stereocenters. The molecule has 1 amide bonds. The first-order valence-corrected chi connectivity index (χ1v) is 11.4. The average molecular weight is 409 g/mol. The Labute approximate surface area is 164 Å². The Hall–Kier alpha value is -1.90. The molecule has 146 valence electrons. The minimum absolute atomic E-state index is 0.160. The van der Waals surface area contributed by atoms with Crippen molar-refractivity contribution in [2.75, 3.05) is 13.1 Å². The van der Waals surface area contributed by atoms with Crippen molar-refractivity contribution in [3.63, 3.8) is 0 Å². The topological polar surface area (TPSA) is 75.7 Å². The van der Waals surface area contributed by atoms with E-state index in [4.69, 9.17) is 4.74 Å². The molecule has 27 heavy (non-hydrogen) atoms. The highest BCUT2D eigenvalue weighted by atomic mass is 32.2. The highest BCUT2D eigenvalue weighted by Crippen LogP contribution is 2.20. The van der Waals surface area contributed by atoms with E-state index in [9.17, 15) is 13.2 Å². The van der Waals surface area contributed by atoms with Gasteiger partial charge in [0.2, 0.25) is 10.0 Å². The summed E-state index contributed by atoms with van der Waals surface area (Å²) in [5, 5.41) is -0.604. The van der Waals surface area contributed by atoms with Gasteiger partial charge in [-0.2, -0.15) is 0 Å². The fraction of sp³-hybridized carbons (Fsp3) is 0.421. The van der Waals surface area contributed by atoms with Crippen molar-refractivity contribution < 1.29 is 17.9 Å². The summed E-state index contributed by atoms with van der Waals surface area (Å²) in [4.78, 5) is 15.9. The lowest BCUT2D eigenvalue weighted by molar-refractivity contribution is 0.104. The van der Waals surface area contributed by atoms with Gasteiger partial charge in [-0.3, -0.25) is 0 Å². The van der Waals surface area contributed by atoms with Gasteiger partial charge in [-0.15, -0.1) is 11.3 Å². The molecule has 1 aromatic carbocycles. The molecular weight excluding hydrogens is 384 g/mol. The van der Waals surface area contributed by atoms with E-state index in [2.05, 4.69) is 11.6 Å². The van der Waals surface area contributed by atoms with E-state index >= 15 is 0 Å².